The summed E-state index contributed by atoms with van der Waals surface area (Å²) < 4.78 is 2.73. The molecular weight excluding hydrogens is 368 g/mol. The number of aromatic nitrogens is 9. The predicted molar refractivity (Wildman–Crippen MR) is 94.6 cm³/mol. The molecule has 140 valence electrons. The Morgan fingerprint density at radius 3 is 2.61 bits per heavy atom. The van der Waals surface area contributed by atoms with Crippen LogP contribution in [0.1, 0.15) is 17.2 Å². The van der Waals surface area contributed by atoms with Crippen LogP contribution >= 0.6 is 0 Å². The maximum Gasteiger partial charge on any atom is 0.352 e. The zero-order chi connectivity index (χ0) is 20.0. The molecule has 0 aliphatic rings. The van der Waals surface area contributed by atoms with Gasteiger partial charge in [-0.1, -0.05) is 0 Å². The SMILES string of the molecule is [C-]#[N+]c1c(C)nn(-c2nc(=O)[nH]c(=O)[nH]2)c1N=Nc1c(C)[nH]n2c(C)nnc12. The highest BCUT2D eigenvalue weighted by molar-refractivity contribution is 5.69. The number of nitrogens with zero attached hydrogens (tertiary/aromatic N) is 9. The van der Waals surface area contributed by atoms with E-state index < -0.39 is 11.4 Å². The average Bonchev–Trinajstić information content (AvgIpc) is 3.25. The van der Waals surface area contributed by atoms with Crippen LogP contribution in [0.3, 0.4) is 0 Å². The molecule has 0 bridgehead atoms. The predicted octanol–water partition coefficient (Wildman–Crippen LogP) is 0.906. The molecule has 4 rings (SSSR count). The molecule has 4 aromatic rings. The number of rotatable bonds is 3. The van der Waals surface area contributed by atoms with Crippen LogP contribution in [0.2, 0.25) is 0 Å². The van der Waals surface area contributed by atoms with Crippen LogP contribution in [-0.2, 0) is 0 Å². The van der Waals surface area contributed by atoms with Crippen LogP contribution in [-0.4, -0.2) is 44.5 Å². The minimum absolute atomic E-state index is 0.0104. The van der Waals surface area contributed by atoms with E-state index in [9.17, 15) is 9.59 Å². The van der Waals surface area contributed by atoms with Crippen molar-refractivity contribution in [3.8, 4) is 5.95 Å². The molecule has 0 amide bonds. The van der Waals surface area contributed by atoms with Gasteiger partial charge in [0.05, 0.1) is 18.0 Å². The van der Waals surface area contributed by atoms with Crippen molar-refractivity contribution in [1.29, 1.82) is 0 Å². The molecule has 0 unspecified atom stereocenters. The second kappa shape index (κ2) is 6.09. The van der Waals surface area contributed by atoms with Gasteiger partial charge in [-0.25, -0.2) is 18.9 Å². The molecule has 14 nitrogen and oxygen atoms in total. The van der Waals surface area contributed by atoms with Crippen LogP contribution in [0.15, 0.2) is 19.8 Å². The van der Waals surface area contributed by atoms with Crippen LogP contribution in [0.4, 0.5) is 17.2 Å². The van der Waals surface area contributed by atoms with Crippen molar-refractivity contribution in [2.75, 3.05) is 0 Å². The summed E-state index contributed by atoms with van der Waals surface area (Å²) >= 11 is 0. The number of H-pyrrole nitrogens is 3. The minimum atomic E-state index is -0.860. The third-order valence-corrected chi connectivity index (χ3v) is 3.89. The first-order valence-corrected chi connectivity index (χ1v) is 7.89. The summed E-state index contributed by atoms with van der Waals surface area (Å²) in [6.45, 7) is 12.6. The van der Waals surface area contributed by atoms with Gasteiger partial charge in [0, 0.05) is 0 Å². The van der Waals surface area contributed by atoms with Crippen molar-refractivity contribution < 1.29 is 0 Å². The van der Waals surface area contributed by atoms with E-state index in [-0.39, 0.29) is 17.5 Å². The second-order valence-corrected chi connectivity index (χ2v) is 5.79. The van der Waals surface area contributed by atoms with Gasteiger partial charge in [0.25, 0.3) is 5.69 Å². The van der Waals surface area contributed by atoms with Gasteiger partial charge in [0.2, 0.25) is 11.6 Å². The molecule has 0 aromatic carbocycles. The van der Waals surface area contributed by atoms with E-state index in [0.29, 0.717) is 28.5 Å². The lowest BCUT2D eigenvalue weighted by molar-refractivity contribution is 0.758. The van der Waals surface area contributed by atoms with Gasteiger partial charge in [-0.05, 0) is 20.8 Å². The Morgan fingerprint density at radius 1 is 1.11 bits per heavy atom. The van der Waals surface area contributed by atoms with Crippen molar-refractivity contribution in [3.05, 3.63) is 49.6 Å². The summed E-state index contributed by atoms with van der Waals surface area (Å²) in [5.74, 6) is 0.471. The maximum atomic E-state index is 11.6. The van der Waals surface area contributed by atoms with Crippen molar-refractivity contribution in [1.82, 2.24) is 44.5 Å². The molecule has 4 aromatic heterocycles. The average molecular weight is 380 g/mol. The van der Waals surface area contributed by atoms with E-state index in [4.69, 9.17) is 6.57 Å². The molecule has 0 fully saturated rings. The van der Waals surface area contributed by atoms with Gasteiger partial charge < -0.3 is 0 Å². The van der Waals surface area contributed by atoms with E-state index in [1.54, 1.807) is 25.3 Å². The van der Waals surface area contributed by atoms with Crippen LogP contribution in [0, 0.1) is 27.3 Å². The van der Waals surface area contributed by atoms with E-state index in [2.05, 4.69) is 45.4 Å². The molecule has 0 saturated carbocycles. The van der Waals surface area contributed by atoms with Crippen LogP contribution in [0.25, 0.3) is 16.4 Å². The topological polar surface area (TPSA) is 171 Å². The van der Waals surface area contributed by atoms with E-state index in [1.807, 2.05) is 4.98 Å². The van der Waals surface area contributed by atoms with Crippen molar-refractivity contribution in [2.24, 2.45) is 10.2 Å². The van der Waals surface area contributed by atoms with Gasteiger partial charge >= 0.3 is 11.4 Å². The van der Waals surface area contributed by atoms with E-state index >= 15 is 0 Å². The zero-order valence-corrected chi connectivity index (χ0v) is 14.8. The molecule has 0 aliphatic carbocycles. The minimum Gasteiger partial charge on any atom is -0.293 e. The number of fused-ring (bicyclic) bond motifs is 1. The molecule has 0 spiro atoms. The molecule has 0 saturated heterocycles. The Balaban J connectivity index is 1.91. The summed E-state index contributed by atoms with van der Waals surface area (Å²) in [6.07, 6.45) is 0. The second-order valence-electron chi connectivity index (χ2n) is 5.79. The molecular formula is C14H12N12O2. The maximum absolute atomic E-state index is 11.6. The van der Waals surface area contributed by atoms with Crippen molar-refractivity contribution in [3.63, 3.8) is 0 Å². The summed E-state index contributed by atoms with van der Waals surface area (Å²) in [5, 5.41) is 23.5. The van der Waals surface area contributed by atoms with Gasteiger partial charge in [0.1, 0.15) is 5.82 Å². The molecule has 4 heterocycles. The van der Waals surface area contributed by atoms with Crippen LogP contribution in [0.5, 0.6) is 0 Å². The first-order valence-electron chi connectivity index (χ1n) is 7.89. The Labute approximate surface area is 154 Å². The molecule has 0 radical (unpaired) electrons. The molecule has 0 atom stereocenters. The standard InChI is InChI=1S/C14H12N12O2/c1-5-8(15-4)10(26(24-5)12-16-13(27)18-14(28)17-12)22-20-9-6(2)23-25-7(3)19-21-11(9)25/h23H,1-3H3,(H2,16,17,18,27,28). The highest BCUT2D eigenvalue weighted by atomic mass is 16.2. The largest absolute Gasteiger partial charge is 0.352 e. The summed E-state index contributed by atoms with van der Waals surface area (Å²) in [7, 11) is 0. The van der Waals surface area contributed by atoms with E-state index in [1.165, 1.54) is 0 Å². The highest BCUT2D eigenvalue weighted by Crippen LogP contribution is 2.35. The monoisotopic (exact) mass is 380 g/mol. The van der Waals surface area contributed by atoms with Crippen molar-refractivity contribution in [2.45, 2.75) is 20.8 Å². The molecule has 28 heavy (non-hydrogen) atoms. The lowest BCUT2D eigenvalue weighted by Gasteiger charge is -2.01. The molecule has 3 N–H and O–H groups in total. The quantitative estimate of drug-likeness (QED) is 0.352. The number of nitrogens with one attached hydrogen (secondary N) is 3. The number of azo groups is 1. The zero-order valence-electron chi connectivity index (χ0n) is 14.8. The fraction of sp³-hybridized carbons (Fsp3) is 0.214. The Hall–Kier alpha value is -4.41. The summed E-state index contributed by atoms with van der Waals surface area (Å²) in [5.41, 5.74) is 0.392. The fourth-order valence-corrected chi connectivity index (χ4v) is 2.61. The number of aromatic amines is 3. The van der Waals surface area contributed by atoms with Gasteiger partial charge in [-0.3, -0.25) is 15.1 Å². The van der Waals surface area contributed by atoms with Gasteiger partial charge in [-0.15, -0.1) is 20.4 Å². The van der Waals surface area contributed by atoms with Crippen LogP contribution < -0.4 is 11.4 Å². The smallest absolute Gasteiger partial charge is 0.293 e. The first kappa shape index (κ1) is 17.0. The Bertz CT molecular complexity index is 1370. The van der Waals surface area contributed by atoms with Crippen molar-refractivity contribution >= 4 is 22.8 Å². The lowest BCUT2D eigenvalue weighted by atomic mass is 10.4. The number of hydrogen-bond acceptors (Lipinski definition) is 8. The third kappa shape index (κ3) is 2.58. The van der Waals surface area contributed by atoms with E-state index in [0.717, 1.165) is 4.68 Å². The Morgan fingerprint density at radius 2 is 1.89 bits per heavy atom. The third-order valence-electron chi connectivity index (χ3n) is 3.89. The lowest BCUT2D eigenvalue weighted by Crippen LogP contribution is -2.27. The first-order chi connectivity index (χ1) is 13.4. The number of hydrogen-bond donors (Lipinski definition) is 3. The fourth-order valence-electron chi connectivity index (χ4n) is 2.61. The molecule has 14 heteroatoms. The summed E-state index contributed by atoms with van der Waals surface area (Å²) in [6, 6.07) is 0. The van der Waals surface area contributed by atoms with Gasteiger partial charge in [0.15, 0.2) is 11.5 Å². The molecule has 0 aliphatic heterocycles. The number of aryl methyl sites for hydroxylation is 3. The summed E-state index contributed by atoms with van der Waals surface area (Å²) in [4.78, 5) is 34.5. The highest BCUT2D eigenvalue weighted by Gasteiger charge is 2.20. The normalized spacial score (nSPS) is 11.5. The Kier molecular flexibility index (Phi) is 3.70. The van der Waals surface area contributed by atoms with Gasteiger partial charge in [-0.2, -0.15) is 14.8 Å².